The molecule has 0 aliphatic carbocycles. The van der Waals surface area contributed by atoms with Crippen molar-refractivity contribution in [3.8, 4) is 5.75 Å². The summed E-state index contributed by atoms with van der Waals surface area (Å²) in [5.41, 5.74) is 6.21. The highest BCUT2D eigenvalue weighted by Crippen LogP contribution is 2.23. The Morgan fingerprint density at radius 1 is 0.947 bits per heavy atom. The number of amides is 6. The number of carbonyl (C=O) groups excluding carboxylic acids is 7. The topological polar surface area (TPSA) is 219 Å². The zero-order valence-corrected chi connectivity index (χ0v) is 33.3. The lowest BCUT2D eigenvalue weighted by Crippen LogP contribution is -2.60. The molecule has 0 spiro atoms. The van der Waals surface area contributed by atoms with Crippen molar-refractivity contribution >= 4 is 47.1 Å². The Morgan fingerprint density at radius 2 is 1.61 bits per heavy atom. The van der Waals surface area contributed by atoms with Crippen LogP contribution in [0.25, 0.3) is 0 Å². The largest absolute Gasteiger partial charge is 0.484 e. The summed E-state index contributed by atoms with van der Waals surface area (Å²) in [5.74, 6) is -4.14. The van der Waals surface area contributed by atoms with Gasteiger partial charge in [0.15, 0.2) is 6.61 Å². The predicted octanol–water partition coefficient (Wildman–Crippen LogP) is 0.286. The van der Waals surface area contributed by atoms with Gasteiger partial charge in [0.1, 0.15) is 17.8 Å². The Bertz CT molecular complexity index is 1730. The molecule has 17 heteroatoms. The van der Waals surface area contributed by atoms with Crippen LogP contribution >= 0.6 is 0 Å². The van der Waals surface area contributed by atoms with E-state index in [0.717, 1.165) is 6.92 Å². The minimum absolute atomic E-state index is 0.00725. The summed E-state index contributed by atoms with van der Waals surface area (Å²) in [5, 5.41) is 8.10. The van der Waals surface area contributed by atoms with Gasteiger partial charge in [-0.2, -0.15) is 0 Å². The fraction of sp³-hybridized carbons (Fsp3) is 0.525. The molecule has 2 aromatic rings. The minimum atomic E-state index is -1.57. The molecule has 0 radical (unpaired) electrons. The zero-order valence-electron chi connectivity index (χ0n) is 33.3. The molecule has 2 saturated heterocycles. The summed E-state index contributed by atoms with van der Waals surface area (Å²) in [6, 6.07) is 11.8. The third-order valence-corrected chi connectivity index (χ3v) is 9.35. The van der Waals surface area contributed by atoms with Crippen molar-refractivity contribution in [2.75, 3.05) is 57.9 Å². The van der Waals surface area contributed by atoms with Crippen molar-refractivity contribution in [3.05, 3.63) is 60.2 Å². The molecule has 0 aromatic heterocycles. The molecule has 4 atom stereocenters. The third kappa shape index (κ3) is 13.9. The molecule has 2 aromatic carbocycles. The monoisotopic (exact) mass is 793 g/mol. The molecule has 0 bridgehead atoms. The van der Waals surface area contributed by atoms with E-state index in [-0.39, 0.29) is 31.3 Å². The minimum Gasteiger partial charge on any atom is -0.484 e. The second-order valence-electron chi connectivity index (χ2n) is 15.2. The standard InChI is InChI=1S/C40H55N7O10/c1-26(48)57-36(39(54)47-17-9-12-32(47)38(53)44-40(2,3)4)30(22-27-10-7-6-8-11-27)43-37(52)31(23-33(41)49)42-34(50)25-56-29-15-13-28(14-16-29)45(5)35(51)24-46-18-20-55-21-19-46/h6-8,10-11,13-16,30-32,36H,9,12,17-25H2,1-5H3,(H2,41,49)(H,42,50)(H,43,52)(H,44,53)/t30-,31-,32-,36-/m0/s1. The van der Waals surface area contributed by atoms with Gasteiger partial charge in [0.05, 0.1) is 32.2 Å². The number of esters is 1. The van der Waals surface area contributed by atoms with Gasteiger partial charge in [-0.3, -0.25) is 38.5 Å². The van der Waals surface area contributed by atoms with Crippen LogP contribution in [0.4, 0.5) is 5.69 Å². The van der Waals surface area contributed by atoms with Gasteiger partial charge in [-0.05, 0) is 69.9 Å². The molecule has 2 heterocycles. The van der Waals surface area contributed by atoms with Crippen LogP contribution in [-0.2, 0) is 49.5 Å². The summed E-state index contributed by atoms with van der Waals surface area (Å²) in [7, 11) is 1.67. The lowest BCUT2D eigenvalue weighted by atomic mass is 9.98. The van der Waals surface area contributed by atoms with Crippen molar-refractivity contribution in [1.29, 1.82) is 0 Å². The summed E-state index contributed by atoms with van der Waals surface area (Å²) in [6.07, 6.45) is -1.24. The maximum absolute atomic E-state index is 14.2. The maximum atomic E-state index is 14.2. The van der Waals surface area contributed by atoms with Crippen LogP contribution in [0.3, 0.4) is 0 Å². The summed E-state index contributed by atoms with van der Waals surface area (Å²) in [4.78, 5) is 96.7. The lowest BCUT2D eigenvalue weighted by molar-refractivity contribution is -0.162. The Morgan fingerprint density at radius 3 is 2.23 bits per heavy atom. The number of primary amides is 1. The van der Waals surface area contributed by atoms with Gasteiger partial charge in [0, 0.05) is 44.8 Å². The molecule has 310 valence electrons. The molecule has 57 heavy (non-hydrogen) atoms. The molecule has 6 amide bonds. The number of morpholine rings is 1. The van der Waals surface area contributed by atoms with Crippen LogP contribution in [-0.4, -0.2) is 134 Å². The Kier molecular flexibility index (Phi) is 15.9. The number of anilines is 1. The van der Waals surface area contributed by atoms with Gasteiger partial charge < -0.3 is 45.7 Å². The number of ether oxygens (including phenoxy) is 3. The summed E-state index contributed by atoms with van der Waals surface area (Å²) >= 11 is 0. The number of likely N-dealkylation sites (N-methyl/N-ethyl adjacent to an activating group) is 1. The first-order valence-corrected chi connectivity index (χ1v) is 19.0. The fourth-order valence-electron chi connectivity index (χ4n) is 6.55. The average molecular weight is 794 g/mol. The highest BCUT2D eigenvalue weighted by atomic mass is 16.5. The van der Waals surface area contributed by atoms with E-state index in [1.54, 1.807) is 61.6 Å². The summed E-state index contributed by atoms with van der Waals surface area (Å²) < 4.78 is 16.6. The van der Waals surface area contributed by atoms with Crippen molar-refractivity contribution < 1.29 is 47.8 Å². The SMILES string of the molecule is CC(=O)O[C@H](C(=O)N1CCC[C@H]1C(=O)NC(C)(C)C)[C@H](Cc1ccccc1)NC(=O)[C@H](CC(N)=O)NC(=O)COc1ccc(N(C)C(=O)CN2CCOCC2)cc1. The van der Waals surface area contributed by atoms with Gasteiger partial charge in [-0.15, -0.1) is 0 Å². The molecule has 2 fully saturated rings. The van der Waals surface area contributed by atoms with E-state index in [9.17, 15) is 33.6 Å². The highest BCUT2D eigenvalue weighted by Gasteiger charge is 2.43. The smallest absolute Gasteiger partial charge is 0.303 e. The molecule has 2 aliphatic rings. The second-order valence-corrected chi connectivity index (χ2v) is 15.2. The highest BCUT2D eigenvalue weighted by molar-refractivity contribution is 5.95. The van der Waals surface area contributed by atoms with Crippen LogP contribution in [0.2, 0.25) is 0 Å². The van der Waals surface area contributed by atoms with Gasteiger partial charge in [-0.1, -0.05) is 30.3 Å². The van der Waals surface area contributed by atoms with Gasteiger partial charge in [0.25, 0.3) is 11.8 Å². The van der Waals surface area contributed by atoms with Gasteiger partial charge in [-0.25, -0.2) is 0 Å². The first-order chi connectivity index (χ1) is 27.0. The number of nitrogens with one attached hydrogen (secondary N) is 3. The number of carbonyl (C=O) groups is 7. The number of nitrogens with zero attached hydrogens (tertiary/aromatic N) is 3. The van der Waals surface area contributed by atoms with Crippen molar-refractivity contribution in [2.24, 2.45) is 5.73 Å². The Labute approximate surface area is 332 Å². The number of hydrogen-bond donors (Lipinski definition) is 4. The van der Waals surface area contributed by atoms with Crippen LogP contribution < -0.4 is 31.3 Å². The predicted molar refractivity (Wildman–Crippen MR) is 209 cm³/mol. The number of nitrogens with two attached hydrogens (primary N) is 1. The maximum Gasteiger partial charge on any atom is 0.303 e. The number of hydrogen-bond acceptors (Lipinski definition) is 11. The number of benzene rings is 2. The summed E-state index contributed by atoms with van der Waals surface area (Å²) in [6.45, 7) is 9.04. The van der Waals surface area contributed by atoms with Crippen LogP contribution in [0.1, 0.15) is 52.5 Å². The quantitative estimate of drug-likeness (QED) is 0.160. The van der Waals surface area contributed by atoms with E-state index in [2.05, 4.69) is 16.0 Å². The molecule has 4 rings (SSSR count). The van der Waals surface area contributed by atoms with Crippen molar-refractivity contribution in [2.45, 2.75) is 83.1 Å². The van der Waals surface area contributed by atoms with Crippen LogP contribution in [0.5, 0.6) is 5.75 Å². The van der Waals surface area contributed by atoms with Crippen LogP contribution in [0.15, 0.2) is 54.6 Å². The number of likely N-dealkylation sites (tertiary alicyclic amines) is 1. The first kappa shape index (κ1) is 44.2. The van der Waals surface area contributed by atoms with Gasteiger partial charge in [0.2, 0.25) is 29.7 Å². The van der Waals surface area contributed by atoms with E-state index >= 15 is 0 Å². The van der Waals surface area contributed by atoms with E-state index in [1.807, 2.05) is 25.7 Å². The molecule has 5 N–H and O–H groups in total. The molecule has 0 unspecified atom stereocenters. The van der Waals surface area contributed by atoms with Crippen molar-refractivity contribution in [1.82, 2.24) is 25.8 Å². The normalized spacial score (nSPS) is 17.4. The molecule has 0 saturated carbocycles. The molecular formula is C40H55N7O10. The van der Waals surface area contributed by atoms with Crippen LogP contribution in [0, 0.1) is 0 Å². The molecular weight excluding hydrogens is 738 g/mol. The molecule has 17 nitrogen and oxygen atoms in total. The lowest BCUT2D eigenvalue weighted by Gasteiger charge is -2.34. The Hall–Kier alpha value is -5.55. The average Bonchev–Trinajstić information content (AvgIpc) is 3.66. The third-order valence-electron chi connectivity index (χ3n) is 9.35. The number of rotatable bonds is 17. The van der Waals surface area contributed by atoms with E-state index in [0.29, 0.717) is 56.1 Å². The zero-order chi connectivity index (χ0) is 41.7. The van der Waals surface area contributed by atoms with Crippen molar-refractivity contribution in [3.63, 3.8) is 0 Å². The van der Waals surface area contributed by atoms with E-state index in [4.69, 9.17) is 19.9 Å². The van der Waals surface area contributed by atoms with E-state index in [1.165, 1.54) is 9.80 Å². The molecule has 2 aliphatic heterocycles. The van der Waals surface area contributed by atoms with Gasteiger partial charge >= 0.3 is 5.97 Å². The fourth-order valence-corrected chi connectivity index (χ4v) is 6.55. The van der Waals surface area contributed by atoms with E-state index < -0.39 is 72.4 Å². The first-order valence-electron chi connectivity index (χ1n) is 19.0. The second kappa shape index (κ2) is 20.6. The Balaban J connectivity index is 1.46.